The third-order valence-corrected chi connectivity index (χ3v) is 4.85. The lowest BCUT2D eigenvalue weighted by Gasteiger charge is -2.41. The number of allylic oxidation sites excluding steroid dienone is 1. The summed E-state index contributed by atoms with van der Waals surface area (Å²) in [5.74, 6) is 0.588. The first kappa shape index (κ1) is 13.6. The molecule has 0 radical (unpaired) electrons. The van der Waals surface area contributed by atoms with E-state index in [1.807, 2.05) is 6.08 Å². The first-order valence-corrected chi connectivity index (χ1v) is 7.09. The largest absolute Gasteiger partial charge is 0.469 e. The van der Waals surface area contributed by atoms with Crippen LogP contribution in [0.5, 0.6) is 0 Å². The van der Waals surface area contributed by atoms with Crippen molar-refractivity contribution in [1.29, 1.82) is 0 Å². The molecule has 0 spiro atoms. The summed E-state index contributed by atoms with van der Waals surface area (Å²) in [5, 5.41) is 0. The van der Waals surface area contributed by atoms with Crippen LogP contribution in [0.3, 0.4) is 0 Å². The molecule has 3 nitrogen and oxygen atoms in total. The van der Waals surface area contributed by atoms with Gasteiger partial charge in [-0.2, -0.15) is 0 Å². The predicted molar refractivity (Wildman–Crippen MR) is 72.2 cm³/mol. The second kappa shape index (κ2) is 5.87. The maximum Gasteiger partial charge on any atom is 0.310 e. The molecule has 0 unspecified atom stereocenters. The molecule has 0 N–H and O–H groups in total. The van der Waals surface area contributed by atoms with Crippen LogP contribution in [-0.4, -0.2) is 37.1 Å². The zero-order chi connectivity index (χ0) is 13.1. The Balaban J connectivity index is 2.06. The van der Waals surface area contributed by atoms with Crippen LogP contribution in [0.2, 0.25) is 0 Å². The summed E-state index contributed by atoms with van der Waals surface area (Å²) in [7, 11) is 3.68. The maximum absolute atomic E-state index is 12.1. The van der Waals surface area contributed by atoms with Gasteiger partial charge >= 0.3 is 5.97 Å². The summed E-state index contributed by atoms with van der Waals surface area (Å²) in [4.78, 5) is 14.5. The van der Waals surface area contributed by atoms with Crippen molar-refractivity contribution < 1.29 is 9.53 Å². The van der Waals surface area contributed by atoms with Crippen LogP contribution in [0.25, 0.3) is 0 Å². The van der Waals surface area contributed by atoms with E-state index >= 15 is 0 Å². The van der Waals surface area contributed by atoms with Gasteiger partial charge < -0.3 is 4.74 Å². The topological polar surface area (TPSA) is 29.5 Å². The quantitative estimate of drug-likeness (QED) is 0.427. The fourth-order valence-corrected chi connectivity index (χ4v) is 3.88. The standard InChI is InChI=1S/C15H25NO2/c1-4-5-6-7-11-10-12-8-9-13(16(12)2)14(11)15(17)18-3/h4,11-14H,1,5-10H2,2-3H3/t11-,12-,13+,14-/m0/s1. The summed E-state index contributed by atoms with van der Waals surface area (Å²) >= 11 is 0. The number of methoxy groups -OCH3 is 1. The third-order valence-electron chi connectivity index (χ3n) is 4.85. The summed E-state index contributed by atoms with van der Waals surface area (Å²) in [6.07, 6.45) is 8.85. The monoisotopic (exact) mass is 251 g/mol. The van der Waals surface area contributed by atoms with Gasteiger partial charge in [-0.15, -0.1) is 6.58 Å². The molecule has 0 aromatic carbocycles. The molecule has 0 aromatic heterocycles. The number of nitrogens with zero attached hydrogens (tertiary/aromatic N) is 1. The highest BCUT2D eigenvalue weighted by molar-refractivity contribution is 5.74. The second-order valence-corrected chi connectivity index (χ2v) is 5.73. The Kier molecular flexibility index (Phi) is 4.44. The smallest absolute Gasteiger partial charge is 0.310 e. The molecule has 0 aromatic rings. The van der Waals surface area contributed by atoms with E-state index in [2.05, 4.69) is 18.5 Å². The molecular weight excluding hydrogens is 226 g/mol. The van der Waals surface area contributed by atoms with Gasteiger partial charge in [0.05, 0.1) is 13.0 Å². The number of piperidine rings is 1. The van der Waals surface area contributed by atoms with E-state index in [0.29, 0.717) is 18.0 Å². The van der Waals surface area contributed by atoms with Crippen molar-refractivity contribution in [1.82, 2.24) is 4.90 Å². The molecule has 2 rings (SSSR count). The first-order valence-electron chi connectivity index (χ1n) is 7.09. The molecule has 2 aliphatic rings. The number of fused-ring (bicyclic) bond motifs is 2. The van der Waals surface area contributed by atoms with Crippen molar-refractivity contribution in [3.05, 3.63) is 12.7 Å². The molecule has 4 atom stereocenters. The minimum absolute atomic E-state index is 0.00389. The molecule has 2 bridgehead atoms. The van der Waals surface area contributed by atoms with E-state index in [-0.39, 0.29) is 11.9 Å². The molecule has 0 amide bonds. The highest BCUT2D eigenvalue weighted by atomic mass is 16.5. The molecule has 18 heavy (non-hydrogen) atoms. The van der Waals surface area contributed by atoms with Gasteiger partial charge in [0.15, 0.2) is 0 Å². The summed E-state index contributed by atoms with van der Waals surface area (Å²) in [5.41, 5.74) is 0. The molecule has 3 heteroatoms. The van der Waals surface area contributed by atoms with E-state index in [4.69, 9.17) is 4.74 Å². The maximum atomic E-state index is 12.1. The lowest BCUT2D eigenvalue weighted by Crippen LogP contribution is -2.49. The first-order chi connectivity index (χ1) is 8.69. The van der Waals surface area contributed by atoms with Crippen LogP contribution in [0, 0.1) is 11.8 Å². The van der Waals surface area contributed by atoms with Gasteiger partial charge in [0, 0.05) is 12.1 Å². The van der Waals surface area contributed by atoms with Crippen molar-refractivity contribution in [2.45, 2.75) is 50.6 Å². The number of ether oxygens (including phenoxy) is 1. The molecule has 2 heterocycles. The Morgan fingerprint density at radius 2 is 2.28 bits per heavy atom. The molecule has 2 saturated heterocycles. The Morgan fingerprint density at radius 1 is 1.50 bits per heavy atom. The van der Waals surface area contributed by atoms with Crippen LogP contribution >= 0.6 is 0 Å². The average Bonchev–Trinajstić information content (AvgIpc) is 2.63. The van der Waals surface area contributed by atoms with E-state index < -0.39 is 0 Å². The number of esters is 1. The van der Waals surface area contributed by atoms with Gasteiger partial charge in [0.25, 0.3) is 0 Å². The lowest BCUT2D eigenvalue weighted by molar-refractivity contribution is -0.152. The number of carbonyl (C=O) groups is 1. The van der Waals surface area contributed by atoms with Gasteiger partial charge in [-0.3, -0.25) is 9.69 Å². The Labute approximate surface area is 110 Å². The SMILES string of the molecule is C=CCCC[C@H]1C[C@@H]2CC[C@H]([C@H]1C(=O)OC)N2C. The summed E-state index contributed by atoms with van der Waals surface area (Å²) in [6, 6.07) is 1.09. The zero-order valence-corrected chi connectivity index (χ0v) is 11.6. The van der Waals surface area contributed by atoms with E-state index in [1.54, 1.807) is 0 Å². The average molecular weight is 251 g/mol. The van der Waals surface area contributed by atoms with Gasteiger partial charge in [-0.05, 0) is 51.5 Å². The van der Waals surface area contributed by atoms with Gasteiger partial charge in [-0.1, -0.05) is 6.08 Å². The normalized spacial score (nSPS) is 35.4. The third kappa shape index (κ3) is 2.46. The summed E-state index contributed by atoms with van der Waals surface area (Å²) < 4.78 is 5.04. The van der Waals surface area contributed by atoms with Crippen LogP contribution in [0.15, 0.2) is 12.7 Å². The number of unbranched alkanes of at least 4 members (excludes halogenated alkanes) is 1. The Hall–Kier alpha value is -0.830. The molecule has 0 aliphatic carbocycles. The molecule has 2 aliphatic heterocycles. The van der Waals surface area contributed by atoms with Crippen molar-refractivity contribution in [2.75, 3.05) is 14.2 Å². The van der Waals surface area contributed by atoms with Crippen LogP contribution < -0.4 is 0 Å². The minimum atomic E-state index is -0.00389. The van der Waals surface area contributed by atoms with Gasteiger partial charge in [0.1, 0.15) is 0 Å². The summed E-state index contributed by atoms with van der Waals surface area (Å²) in [6.45, 7) is 3.77. The fraction of sp³-hybridized carbons (Fsp3) is 0.800. The molecular formula is C15H25NO2. The van der Waals surface area contributed by atoms with Crippen molar-refractivity contribution in [3.63, 3.8) is 0 Å². The zero-order valence-electron chi connectivity index (χ0n) is 11.6. The van der Waals surface area contributed by atoms with E-state index in [9.17, 15) is 4.79 Å². The predicted octanol–water partition coefficient (Wildman–Crippen LogP) is 2.61. The Bertz CT molecular complexity index is 316. The Morgan fingerprint density at radius 3 is 2.94 bits per heavy atom. The molecule has 0 saturated carbocycles. The molecule has 102 valence electrons. The van der Waals surface area contributed by atoms with E-state index in [1.165, 1.54) is 13.5 Å². The van der Waals surface area contributed by atoms with Gasteiger partial charge in [0.2, 0.25) is 0 Å². The minimum Gasteiger partial charge on any atom is -0.469 e. The van der Waals surface area contributed by atoms with Crippen molar-refractivity contribution in [2.24, 2.45) is 11.8 Å². The van der Waals surface area contributed by atoms with Gasteiger partial charge in [-0.25, -0.2) is 0 Å². The number of hydrogen-bond donors (Lipinski definition) is 0. The van der Waals surface area contributed by atoms with E-state index in [0.717, 1.165) is 32.1 Å². The second-order valence-electron chi connectivity index (χ2n) is 5.73. The van der Waals surface area contributed by atoms with Crippen LogP contribution in [0.4, 0.5) is 0 Å². The highest BCUT2D eigenvalue weighted by Crippen LogP contribution is 2.43. The van der Waals surface area contributed by atoms with Crippen molar-refractivity contribution in [3.8, 4) is 0 Å². The number of carbonyl (C=O) groups excluding carboxylic acids is 1. The fourth-order valence-electron chi connectivity index (χ4n) is 3.88. The highest BCUT2D eigenvalue weighted by Gasteiger charge is 2.48. The number of rotatable bonds is 5. The lowest BCUT2D eigenvalue weighted by atomic mass is 9.77. The van der Waals surface area contributed by atoms with Crippen LogP contribution in [-0.2, 0) is 9.53 Å². The number of hydrogen-bond acceptors (Lipinski definition) is 3. The van der Waals surface area contributed by atoms with Crippen LogP contribution in [0.1, 0.15) is 38.5 Å². The molecule has 2 fully saturated rings. The van der Waals surface area contributed by atoms with Crippen molar-refractivity contribution >= 4 is 5.97 Å².